The number of phenols is 1. The van der Waals surface area contributed by atoms with Crippen LogP contribution >= 0.6 is 11.6 Å². The van der Waals surface area contributed by atoms with E-state index >= 15 is 0 Å². The number of nitrogens with zero attached hydrogens (tertiary/aromatic N) is 1. The van der Waals surface area contributed by atoms with E-state index in [0.717, 1.165) is 27.8 Å². The Kier molecular flexibility index (Phi) is 4.61. The first kappa shape index (κ1) is 19.8. The summed E-state index contributed by atoms with van der Waals surface area (Å²) in [6.07, 6.45) is 1.09. The van der Waals surface area contributed by atoms with Gasteiger partial charge in [-0.3, -0.25) is 4.79 Å². The number of aliphatic carboxylic acids is 1. The highest BCUT2D eigenvalue weighted by molar-refractivity contribution is 6.30. The molecule has 0 atom stereocenters. The lowest BCUT2D eigenvalue weighted by Crippen LogP contribution is -2.40. The van der Waals surface area contributed by atoms with Crippen LogP contribution in [0, 0.1) is 11.2 Å². The summed E-state index contributed by atoms with van der Waals surface area (Å²) >= 11 is 6.06. The van der Waals surface area contributed by atoms with E-state index in [1.807, 2.05) is 6.07 Å². The van der Waals surface area contributed by atoms with Gasteiger partial charge in [0.2, 0.25) is 0 Å². The van der Waals surface area contributed by atoms with Crippen molar-refractivity contribution >= 4 is 28.5 Å². The molecule has 6 heteroatoms. The molecule has 2 N–H and O–H groups in total. The number of aromatic nitrogens is 1. The number of hydrogen-bond acceptors (Lipinski definition) is 2. The van der Waals surface area contributed by atoms with Crippen molar-refractivity contribution in [2.45, 2.75) is 45.4 Å². The summed E-state index contributed by atoms with van der Waals surface area (Å²) in [6, 6.07) is 9.83. The summed E-state index contributed by atoms with van der Waals surface area (Å²) in [5.41, 5.74) is 2.98. The summed E-state index contributed by atoms with van der Waals surface area (Å²) in [4.78, 5) is 11.6. The molecular formula is C23H23ClFNO3. The summed E-state index contributed by atoms with van der Waals surface area (Å²) in [5, 5.41) is 20.6. The number of aromatic hydroxyl groups is 1. The van der Waals surface area contributed by atoms with Gasteiger partial charge in [-0.25, -0.2) is 4.39 Å². The topological polar surface area (TPSA) is 62.5 Å². The van der Waals surface area contributed by atoms with Gasteiger partial charge in [0.15, 0.2) is 0 Å². The first-order chi connectivity index (χ1) is 13.6. The Hall–Kier alpha value is -2.53. The van der Waals surface area contributed by atoms with Crippen molar-refractivity contribution in [3.8, 4) is 11.4 Å². The number of carbonyl (C=O) groups is 1. The Bertz CT molecular complexity index is 1130. The van der Waals surface area contributed by atoms with Crippen LogP contribution in [0.15, 0.2) is 36.4 Å². The molecule has 2 aromatic carbocycles. The van der Waals surface area contributed by atoms with Crippen molar-refractivity contribution in [1.82, 2.24) is 4.57 Å². The van der Waals surface area contributed by atoms with Crippen LogP contribution in [0.25, 0.3) is 16.6 Å². The number of carboxylic acid groups (broad SMARTS) is 1. The second kappa shape index (κ2) is 6.77. The van der Waals surface area contributed by atoms with E-state index in [1.54, 1.807) is 31.2 Å². The maximum absolute atomic E-state index is 13.8. The zero-order chi connectivity index (χ0) is 21.1. The molecule has 0 aliphatic heterocycles. The summed E-state index contributed by atoms with van der Waals surface area (Å²) in [6.45, 7) is 5.93. The minimum atomic E-state index is -0.781. The molecule has 0 bridgehead atoms. The van der Waals surface area contributed by atoms with Crippen LogP contribution in [0.3, 0.4) is 0 Å². The Labute approximate surface area is 173 Å². The average Bonchev–Trinajstić information content (AvgIpc) is 2.95. The van der Waals surface area contributed by atoms with Gasteiger partial charge in [0.05, 0.1) is 16.0 Å². The Morgan fingerprint density at radius 1 is 1.24 bits per heavy atom. The molecule has 0 spiro atoms. The van der Waals surface area contributed by atoms with Crippen LogP contribution < -0.4 is 0 Å². The van der Waals surface area contributed by atoms with Crippen LogP contribution in [0.5, 0.6) is 5.75 Å². The van der Waals surface area contributed by atoms with Crippen LogP contribution in [-0.2, 0) is 4.79 Å². The molecule has 3 aromatic rings. The fraction of sp³-hybridized carbons (Fsp3) is 0.348. The van der Waals surface area contributed by atoms with Gasteiger partial charge in [0, 0.05) is 16.8 Å². The van der Waals surface area contributed by atoms with Crippen molar-refractivity contribution < 1.29 is 19.4 Å². The van der Waals surface area contributed by atoms with Crippen molar-refractivity contribution in [2.24, 2.45) is 5.41 Å². The van der Waals surface area contributed by atoms with Gasteiger partial charge in [-0.05, 0) is 73.6 Å². The summed E-state index contributed by atoms with van der Waals surface area (Å²) in [5.74, 6) is -0.900. The van der Waals surface area contributed by atoms with Gasteiger partial charge in [0.25, 0.3) is 0 Å². The predicted molar refractivity (Wildman–Crippen MR) is 112 cm³/mol. The number of carboxylic acids is 1. The van der Waals surface area contributed by atoms with Crippen molar-refractivity contribution in [3.05, 3.63) is 58.5 Å². The van der Waals surface area contributed by atoms with Crippen molar-refractivity contribution in [3.63, 3.8) is 0 Å². The van der Waals surface area contributed by atoms with Crippen molar-refractivity contribution in [2.75, 3.05) is 0 Å². The van der Waals surface area contributed by atoms with Gasteiger partial charge in [-0.15, -0.1) is 0 Å². The fourth-order valence-corrected chi connectivity index (χ4v) is 4.80. The number of halogens is 2. The third-order valence-electron chi connectivity index (χ3n) is 6.05. The minimum Gasteiger partial charge on any atom is -0.508 e. The molecule has 4 nitrogen and oxygen atoms in total. The zero-order valence-electron chi connectivity index (χ0n) is 16.5. The number of fused-ring (bicyclic) bond motifs is 1. The van der Waals surface area contributed by atoms with Crippen LogP contribution in [0.2, 0.25) is 5.02 Å². The largest absolute Gasteiger partial charge is 0.508 e. The van der Waals surface area contributed by atoms with Gasteiger partial charge in [0.1, 0.15) is 11.6 Å². The first-order valence-corrected chi connectivity index (χ1v) is 10.1. The quantitative estimate of drug-likeness (QED) is 0.531. The van der Waals surface area contributed by atoms with Gasteiger partial charge < -0.3 is 14.8 Å². The second-order valence-electron chi connectivity index (χ2n) is 8.56. The molecule has 0 unspecified atom stereocenters. The molecule has 152 valence electrons. The number of hydrogen-bond donors (Lipinski definition) is 2. The lowest BCUT2D eigenvalue weighted by Gasteiger charge is -2.42. The predicted octanol–water partition coefficient (Wildman–Crippen LogP) is 6.22. The highest BCUT2D eigenvalue weighted by Crippen LogP contribution is 2.55. The second-order valence-corrected chi connectivity index (χ2v) is 8.97. The molecule has 1 fully saturated rings. The number of rotatable bonds is 4. The minimum absolute atomic E-state index is 0.0430. The molecular weight excluding hydrogens is 393 g/mol. The highest BCUT2D eigenvalue weighted by Gasteiger charge is 2.48. The van der Waals surface area contributed by atoms with E-state index < -0.39 is 17.2 Å². The van der Waals surface area contributed by atoms with Gasteiger partial charge >= 0.3 is 5.97 Å². The van der Waals surface area contributed by atoms with E-state index in [9.17, 15) is 19.4 Å². The lowest BCUT2D eigenvalue weighted by atomic mass is 9.60. The molecule has 0 amide bonds. The van der Waals surface area contributed by atoms with E-state index in [4.69, 9.17) is 11.6 Å². The van der Waals surface area contributed by atoms with Crippen LogP contribution in [0.4, 0.5) is 4.39 Å². The zero-order valence-corrected chi connectivity index (χ0v) is 17.3. The molecule has 1 heterocycles. The smallest absolute Gasteiger partial charge is 0.309 e. The third-order valence-corrected chi connectivity index (χ3v) is 6.34. The monoisotopic (exact) mass is 415 g/mol. The normalized spacial score (nSPS) is 21.5. The Morgan fingerprint density at radius 3 is 2.52 bits per heavy atom. The molecule has 1 aliphatic rings. The molecule has 4 rings (SSSR count). The van der Waals surface area contributed by atoms with Crippen LogP contribution in [0.1, 0.15) is 56.7 Å². The molecule has 29 heavy (non-hydrogen) atoms. The standard InChI is InChI=1S/C23H23ClFNO3/c1-12(2)21-20(13-10-23(3,11-13)22(28)29)16-9-15(27)5-7-19(16)26(21)14-4-6-18(25)17(24)8-14/h4-9,12-13,27H,10-11H2,1-3H3,(H,28,29). The fourth-order valence-electron chi connectivity index (χ4n) is 4.63. The van der Waals surface area contributed by atoms with Gasteiger partial charge in [-0.1, -0.05) is 25.4 Å². The third kappa shape index (κ3) is 3.08. The molecule has 1 aromatic heterocycles. The van der Waals surface area contributed by atoms with Crippen LogP contribution in [-0.4, -0.2) is 20.7 Å². The summed E-state index contributed by atoms with van der Waals surface area (Å²) < 4.78 is 15.8. The van der Waals surface area contributed by atoms with E-state index in [0.29, 0.717) is 12.8 Å². The first-order valence-electron chi connectivity index (χ1n) is 9.68. The Balaban J connectivity index is 1.98. The molecule has 1 saturated carbocycles. The lowest BCUT2D eigenvalue weighted by molar-refractivity contribution is -0.154. The maximum Gasteiger partial charge on any atom is 0.309 e. The maximum atomic E-state index is 13.8. The van der Waals surface area contributed by atoms with E-state index in [1.165, 1.54) is 6.07 Å². The highest BCUT2D eigenvalue weighted by atomic mass is 35.5. The van der Waals surface area contributed by atoms with Crippen molar-refractivity contribution in [1.29, 1.82) is 0 Å². The average molecular weight is 416 g/mol. The number of benzene rings is 2. The number of phenolic OH excluding ortho intramolecular Hbond substituents is 1. The molecule has 0 saturated heterocycles. The molecule has 0 radical (unpaired) electrons. The van der Waals surface area contributed by atoms with Gasteiger partial charge in [-0.2, -0.15) is 0 Å². The Morgan fingerprint density at radius 2 is 1.93 bits per heavy atom. The molecule has 1 aliphatic carbocycles. The summed E-state index contributed by atoms with van der Waals surface area (Å²) in [7, 11) is 0. The SMILES string of the molecule is CC(C)c1c(C2CC(C)(C(=O)O)C2)c2cc(O)ccc2n1-c1ccc(F)c(Cl)c1. The van der Waals surface area contributed by atoms with E-state index in [-0.39, 0.29) is 22.6 Å². The van der Waals surface area contributed by atoms with E-state index in [2.05, 4.69) is 18.4 Å².